The number of hydrogen-bond donors (Lipinski definition) is 3. The molecule has 1 amide bonds. The lowest BCUT2D eigenvalue weighted by atomic mass is 9.98. The van der Waals surface area contributed by atoms with E-state index < -0.39 is 0 Å². The zero-order chi connectivity index (χ0) is 10.7. The maximum Gasteiger partial charge on any atom is 0.220 e. The molecule has 0 bridgehead atoms. The molecular weight excluding hydrogens is 192 g/mol. The van der Waals surface area contributed by atoms with E-state index in [0.29, 0.717) is 12.3 Å². The standard InChI is InChI=1S/C11H20N2O2/c14-4-3-11(1-2-11)8-13-10(15)5-9-6-12-7-9/h9,12,14H,1-8H2,(H,13,15). The Morgan fingerprint density at radius 1 is 1.47 bits per heavy atom. The lowest BCUT2D eigenvalue weighted by Crippen LogP contribution is -2.45. The number of aliphatic hydroxyl groups is 1. The fourth-order valence-electron chi connectivity index (χ4n) is 2.04. The highest BCUT2D eigenvalue weighted by Gasteiger charge is 2.41. The number of carbonyl (C=O) groups excluding carboxylic acids is 1. The molecule has 0 atom stereocenters. The molecule has 15 heavy (non-hydrogen) atoms. The van der Waals surface area contributed by atoms with E-state index in [-0.39, 0.29) is 17.9 Å². The highest BCUT2D eigenvalue weighted by Crippen LogP contribution is 2.47. The average molecular weight is 212 g/mol. The lowest BCUT2D eigenvalue weighted by Gasteiger charge is -2.26. The van der Waals surface area contributed by atoms with E-state index in [0.717, 1.165) is 38.9 Å². The van der Waals surface area contributed by atoms with Crippen LogP contribution in [0.4, 0.5) is 0 Å². The van der Waals surface area contributed by atoms with Crippen LogP contribution >= 0.6 is 0 Å². The highest BCUT2D eigenvalue weighted by molar-refractivity contribution is 5.76. The molecule has 1 aliphatic carbocycles. The molecular formula is C11H20N2O2. The van der Waals surface area contributed by atoms with Crippen LogP contribution in [0.3, 0.4) is 0 Å². The monoisotopic (exact) mass is 212 g/mol. The maximum absolute atomic E-state index is 11.5. The molecule has 0 unspecified atom stereocenters. The summed E-state index contributed by atoms with van der Waals surface area (Å²) in [5, 5.41) is 15.0. The second-order valence-corrected chi connectivity index (χ2v) is 4.98. The third kappa shape index (κ3) is 2.92. The SMILES string of the molecule is O=C(CC1CNC1)NCC1(CCO)CC1. The van der Waals surface area contributed by atoms with Crippen molar-refractivity contribution in [3.63, 3.8) is 0 Å². The molecule has 4 nitrogen and oxygen atoms in total. The van der Waals surface area contributed by atoms with Crippen LogP contribution in [0.25, 0.3) is 0 Å². The number of carbonyl (C=O) groups is 1. The summed E-state index contributed by atoms with van der Waals surface area (Å²) < 4.78 is 0. The molecule has 4 heteroatoms. The third-order valence-corrected chi connectivity index (χ3v) is 3.60. The summed E-state index contributed by atoms with van der Waals surface area (Å²) in [6, 6.07) is 0. The Hall–Kier alpha value is -0.610. The Morgan fingerprint density at radius 2 is 2.20 bits per heavy atom. The van der Waals surface area contributed by atoms with Crippen molar-refractivity contribution in [2.45, 2.75) is 25.7 Å². The van der Waals surface area contributed by atoms with Gasteiger partial charge in [-0.05, 0) is 43.7 Å². The van der Waals surface area contributed by atoms with Gasteiger partial charge >= 0.3 is 0 Å². The van der Waals surface area contributed by atoms with E-state index in [2.05, 4.69) is 10.6 Å². The topological polar surface area (TPSA) is 61.4 Å². The second-order valence-electron chi connectivity index (χ2n) is 4.98. The van der Waals surface area contributed by atoms with Crippen molar-refractivity contribution in [2.75, 3.05) is 26.2 Å². The smallest absolute Gasteiger partial charge is 0.220 e. The van der Waals surface area contributed by atoms with Crippen LogP contribution < -0.4 is 10.6 Å². The van der Waals surface area contributed by atoms with Crippen LogP contribution in [0.5, 0.6) is 0 Å². The zero-order valence-corrected chi connectivity index (χ0v) is 9.09. The summed E-state index contributed by atoms with van der Waals surface area (Å²) in [4.78, 5) is 11.5. The first kappa shape index (κ1) is 10.9. The van der Waals surface area contributed by atoms with Crippen LogP contribution in [0.2, 0.25) is 0 Å². The fraction of sp³-hybridized carbons (Fsp3) is 0.909. The van der Waals surface area contributed by atoms with Gasteiger partial charge in [-0.2, -0.15) is 0 Å². The van der Waals surface area contributed by atoms with E-state index >= 15 is 0 Å². The average Bonchev–Trinajstić information content (AvgIpc) is 2.90. The van der Waals surface area contributed by atoms with Crippen molar-refractivity contribution in [3.05, 3.63) is 0 Å². The van der Waals surface area contributed by atoms with Gasteiger partial charge in [-0.15, -0.1) is 0 Å². The number of rotatable bonds is 6. The minimum atomic E-state index is 0.172. The van der Waals surface area contributed by atoms with Gasteiger partial charge in [0.1, 0.15) is 0 Å². The van der Waals surface area contributed by atoms with Gasteiger partial charge in [0.05, 0.1) is 0 Å². The minimum Gasteiger partial charge on any atom is -0.396 e. The molecule has 1 heterocycles. The Labute approximate surface area is 90.4 Å². The van der Waals surface area contributed by atoms with Gasteiger partial charge in [-0.1, -0.05) is 0 Å². The Kier molecular flexibility index (Phi) is 3.26. The van der Waals surface area contributed by atoms with Gasteiger partial charge in [0, 0.05) is 19.6 Å². The molecule has 2 rings (SSSR count). The van der Waals surface area contributed by atoms with Crippen molar-refractivity contribution >= 4 is 5.91 Å². The number of nitrogens with one attached hydrogen (secondary N) is 2. The molecule has 86 valence electrons. The first-order valence-electron chi connectivity index (χ1n) is 5.82. The summed E-state index contributed by atoms with van der Waals surface area (Å²) in [6.07, 6.45) is 3.79. The predicted molar refractivity (Wildman–Crippen MR) is 57.4 cm³/mol. The molecule has 1 saturated carbocycles. The molecule has 0 aromatic rings. The number of hydrogen-bond acceptors (Lipinski definition) is 3. The van der Waals surface area contributed by atoms with Gasteiger partial charge in [0.2, 0.25) is 5.91 Å². The molecule has 0 aromatic carbocycles. The van der Waals surface area contributed by atoms with Crippen LogP contribution in [-0.4, -0.2) is 37.3 Å². The van der Waals surface area contributed by atoms with Crippen LogP contribution in [0, 0.1) is 11.3 Å². The fourth-order valence-corrected chi connectivity index (χ4v) is 2.04. The van der Waals surface area contributed by atoms with Crippen molar-refractivity contribution < 1.29 is 9.90 Å². The normalized spacial score (nSPS) is 23.3. The minimum absolute atomic E-state index is 0.172. The summed E-state index contributed by atoms with van der Waals surface area (Å²) in [5.41, 5.74) is 0.238. The highest BCUT2D eigenvalue weighted by atomic mass is 16.3. The Bertz CT molecular complexity index is 235. The van der Waals surface area contributed by atoms with Gasteiger partial charge in [-0.25, -0.2) is 0 Å². The molecule has 3 N–H and O–H groups in total. The van der Waals surface area contributed by atoms with Gasteiger partial charge in [0.15, 0.2) is 0 Å². The molecule has 1 saturated heterocycles. The zero-order valence-electron chi connectivity index (χ0n) is 9.09. The van der Waals surface area contributed by atoms with Crippen LogP contribution in [0.15, 0.2) is 0 Å². The van der Waals surface area contributed by atoms with Crippen LogP contribution in [0.1, 0.15) is 25.7 Å². The Balaban J connectivity index is 1.62. The summed E-state index contributed by atoms with van der Waals surface area (Å²) in [6.45, 7) is 2.96. The molecule has 2 aliphatic rings. The van der Waals surface area contributed by atoms with Crippen molar-refractivity contribution in [1.82, 2.24) is 10.6 Å². The van der Waals surface area contributed by atoms with Gasteiger partial charge < -0.3 is 15.7 Å². The van der Waals surface area contributed by atoms with Crippen molar-refractivity contribution in [3.8, 4) is 0 Å². The molecule has 1 aliphatic heterocycles. The van der Waals surface area contributed by atoms with E-state index in [4.69, 9.17) is 5.11 Å². The Morgan fingerprint density at radius 3 is 2.67 bits per heavy atom. The first-order valence-corrected chi connectivity index (χ1v) is 5.82. The number of aliphatic hydroxyl groups excluding tert-OH is 1. The quantitative estimate of drug-likeness (QED) is 0.575. The summed E-state index contributed by atoms with van der Waals surface area (Å²) in [5.74, 6) is 0.712. The lowest BCUT2D eigenvalue weighted by molar-refractivity contribution is -0.122. The van der Waals surface area contributed by atoms with E-state index in [1.54, 1.807) is 0 Å². The summed E-state index contributed by atoms with van der Waals surface area (Å²) >= 11 is 0. The maximum atomic E-state index is 11.5. The van der Waals surface area contributed by atoms with E-state index in [1.807, 2.05) is 0 Å². The van der Waals surface area contributed by atoms with E-state index in [9.17, 15) is 4.79 Å². The molecule has 0 radical (unpaired) electrons. The van der Waals surface area contributed by atoms with Gasteiger partial charge in [-0.3, -0.25) is 4.79 Å². The van der Waals surface area contributed by atoms with Gasteiger partial charge in [0.25, 0.3) is 0 Å². The molecule has 0 aromatic heterocycles. The number of amides is 1. The molecule has 2 fully saturated rings. The van der Waals surface area contributed by atoms with Crippen molar-refractivity contribution in [1.29, 1.82) is 0 Å². The predicted octanol–water partition coefficient (Wildman–Crippen LogP) is -0.125. The third-order valence-electron chi connectivity index (χ3n) is 3.60. The van der Waals surface area contributed by atoms with Crippen LogP contribution in [-0.2, 0) is 4.79 Å². The second kappa shape index (κ2) is 4.49. The molecule has 0 spiro atoms. The summed E-state index contributed by atoms with van der Waals surface area (Å²) in [7, 11) is 0. The van der Waals surface area contributed by atoms with E-state index in [1.165, 1.54) is 0 Å². The van der Waals surface area contributed by atoms with Crippen molar-refractivity contribution in [2.24, 2.45) is 11.3 Å². The first-order chi connectivity index (χ1) is 7.24. The largest absolute Gasteiger partial charge is 0.396 e.